The third-order valence-electron chi connectivity index (χ3n) is 4.16. The van der Waals surface area contributed by atoms with Crippen LogP contribution in [0.15, 0.2) is 96.6 Å². The first-order valence-electron chi connectivity index (χ1n) is 9.21. The van der Waals surface area contributed by atoms with Gasteiger partial charge in [-0.1, -0.05) is 49.0 Å². The zero-order chi connectivity index (χ0) is 20.5. The number of rotatable bonds is 8. The van der Waals surface area contributed by atoms with Crippen molar-refractivity contribution in [2.45, 2.75) is 0 Å². The Kier molecular flexibility index (Phi) is 6.92. The van der Waals surface area contributed by atoms with Gasteiger partial charge in [-0.25, -0.2) is 0 Å². The number of nitrogens with zero attached hydrogens (tertiary/aromatic N) is 2. The normalized spacial score (nSPS) is 10.7. The second-order valence-corrected chi connectivity index (χ2v) is 6.15. The zero-order valence-electron chi connectivity index (χ0n) is 15.9. The summed E-state index contributed by atoms with van der Waals surface area (Å²) in [5.41, 5.74) is 3.62. The molecule has 1 amide bonds. The van der Waals surface area contributed by atoms with E-state index in [4.69, 9.17) is 9.84 Å². The van der Waals surface area contributed by atoms with Crippen LogP contribution in [0.2, 0.25) is 0 Å². The molecule has 146 valence electrons. The fraction of sp³-hybridized carbons (Fsp3) is 0.0833. The van der Waals surface area contributed by atoms with Crippen molar-refractivity contribution in [3.05, 3.63) is 97.1 Å². The number of hydrogen-bond donors (Lipinski definition) is 1. The van der Waals surface area contributed by atoms with Gasteiger partial charge < -0.3 is 9.84 Å². The molecule has 5 heteroatoms. The predicted molar refractivity (Wildman–Crippen MR) is 116 cm³/mol. The minimum atomic E-state index is -0.323. The van der Waals surface area contributed by atoms with Crippen molar-refractivity contribution in [3.63, 3.8) is 0 Å². The molecule has 0 heterocycles. The Hall–Kier alpha value is -3.70. The van der Waals surface area contributed by atoms with Gasteiger partial charge in [0.1, 0.15) is 12.4 Å². The minimum Gasteiger partial charge on any atom is -0.491 e. The minimum absolute atomic E-state index is 0.0368. The van der Waals surface area contributed by atoms with Crippen LogP contribution in [0, 0.1) is 0 Å². The lowest BCUT2D eigenvalue weighted by Gasteiger charge is -2.16. The molecule has 0 aromatic heterocycles. The van der Waals surface area contributed by atoms with Crippen molar-refractivity contribution >= 4 is 17.8 Å². The molecule has 0 aliphatic rings. The molecule has 0 fully saturated rings. The van der Waals surface area contributed by atoms with E-state index in [1.165, 1.54) is 11.1 Å². The monoisotopic (exact) mass is 386 g/mol. The molecule has 3 aromatic carbocycles. The Morgan fingerprint density at radius 2 is 1.62 bits per heavy atom. The Bertz CT molecular complexity index is 965. The van der Waals surface area contributed by atoms with Gasteiger partial charge in [-0.15, -0.1) is 0 Å². The SMILES string of the molecule is C=CC(=O)N(/N=C/c1ccc(OCCO)cc1)c1ccc(-c2ccccc2)cc1. The number of aliphatic hydroxyl groups is 1. The van der Waals surface area contributed by atoms with E-state index >= 15 is 0 Å². The summed E-state index contributed by atoms with van der Waals surface area (Å²) >= 11 is 0. The van der Waals surface area contributed by atoms with Crippen LogP contribution in [0.5, 0.6) is 5.75 Å². The smallest absolute Gasteiger partial charge is 0.270 e. The first kappa shape index (κ1) is 20.0. The topological polar surface area (TPSA) is 62.1 Å². The van der Waals surface area contributed by atoms with E-state index in [-0.39, 0.29) is 19.1 Å². The molecule has 0 saturated carbocycles. The second kappa shape index (κ2) is 10.0. The van der Waals surface area contributed by atoms with Crippen LogP contribution in [0.4, 0.5) is 5.69 Å². The number of amides is 1. The summed E-state index contributed by atoms with van der Waals surface area (Å²) < 4.78 is 5.34. The molecule has 0 bridgehead atoms. The van der Waals surface area contributed by atoms with Crippen LogP contribution in [-0.2, 0) is 4.79 Å². The van der Waals surface area contributed by atoms with E-state index in [0.29, 0.717) is 11.4 Å². The van der Waals surface area contributed by atoms with E-state index in [1.54, 1.807) is 18.3 Å². The summed E-state index contributed by atoms with van der Waals surface area (Å²) in [5.74, 6) is 0.336. The molecule has 0 radical (unpaired) electrons. The number of benzene rings is 3. The molecule has 3 rings (SSSR count). The average Bonchev–Trinajstić information content (AvgIpc) is 2.79. The van der Waals surface area contributed by atoms with Crippen molar-refractivity contribution in [2.75, 3.05) is 18.2 Å². The summed E-state index contributed by atoms with van der Waals surface area (Å²) in [6, 6.07) is 24.9. The van der Waals surface area contributed by atoms with Gasteiger partial charge in [0, 0.05) is 0 Å². The number of anilines is 1. The maximum Gasteiger partial charge on any atom is 0.270 e. The molecule has 3 aromatic rings. The zero-order valence-corrected chi connectivity index (χ0v) is 15.9. The van der Waals surface area contributed by atoms with E-state index in [2.05, 4.69) is 11.7 Å². The van der Waals surface area contributed by atoms with Gasteiger partial charge in [0.25, 0.3) is 5.91 Å². The third-order valence-corrected chi connectivity index (χ3v) is 4.16. The molecule has 0 atom stereocenters. The molecule has 1 N–H and O–H groups in total. The molecule has 0 saturated heterocycles. The van der Waals surface area contributed by atoms with Gasteiger partial charge in [-0.2, -0.15) is 10.1 Å². The molecular formula is C24H22N2O3. The van der Waals surface area contributed by atoms with E-state index in [0.717, 1.165) is 16.7 Å². The number of carbonyl (C=O) groups is 1. The maximum atomic E-state index is 12.3. The maximum absolute atomic E-state index is 12.3. The summed E-state index contributed by atoms with van der Waals surface area (Å²) in [6.45, 7) is 3.77. The quantitative estimate of drug-likeness (QED) is 0.357. The standard InChI is InChI=1S/C24H22N2O3/c1-2-24(28)26(25-18-19-8-14-23(15-9-19)29-17-16-27)22-12-10-21(11-13-22)20-6-4-3-5-7-20/h2-15,18,27H,1,16-17H2/b25-18+. The highest BCUT2D eigenvalue weighted by Gasteiger charge is 2.11. The van der Waals surface area contributed by atoms with Crippen LogP contribution in [0.25, 0.3) is 11.1 Å². The van der Waals surface area contributed by atoms with Crippen molar-refractivity contribution in [1.82, 2.24) is 0 Å². The van der Waals surface area contributed by atoms with E-state index in [9.17, 15) is 4.79 Å². The Labute approximate surface area is 170 Å². The van der Waals surface area contributed by atoms with Gasteiger partial charge >= 0.3 is 0 Å². The number of hydrazone groups is 1. The number of carbonyl (C=O) groups excluding carboxylic acids is 1. The van der Waals surface area contributed by atoms with Crippen molar-refractivity contribution in [2.24, 2.45) is 5.10 Å². The molecule has 0 unspecified atom stereocenters. The first-order chi connectivity index (χ1) is 14.2. The van der Waals surface area contributed by atoms with Gasteiger partial charge in [-0.3, -0.25) is 4.79 Å². The summed E-state index contributed by atoms with van der Waals surface area (Å²) in [6.07, 6.45) is 2.83. The molecule has 5 nitrogen and oxygen atoms in total. The Morgan fingerprint density at radius 1 is 0.966 bits per heavy atom. The molecule has 0 aliphatic heterocycles. The van der Waals surface area contributed by atoms with E-state index < -0.39 is 0 Å². The fourth-order valence-corrected chi connectivity index (χ4v) is 2.70. The lowest BCUT2D eigenvalue weighted by atomic mass is 10.1. The van der Waals surface area contributed by atoms with Crippen molar-refractivity contribution in [1.29, 1.82) is 0 Å². The van der Waals surface area contributed by atoms with Gasteiger partial charge in [0.2, 0.25) is 0 Å². The molecule has 0 aliphatic carbocycles. The Morgan fingerprint density at radius 3 is 2.24 bits per heavy atom. The van der Waals surface area contributed by atoms with Crippen LogP contribution in [0.3, 0.4) is 0 Å². The van der Waals surface area contributed by atoms with E-state index in [1.807, 2.05) is 66.7 Å². The number of aliphatic hydroxyl groups excluding tert-OH is 1. The van der Waals surface area contributed by atoms with Crippen LogP contribution in [-0.4, -0.2) is 30.4 Å². The summed E-state index contributed by atoms with van der Waals surface area (Å²) in [4.78, 5) is 12.3. The molecule has 29 heavy (non-hydrogen) atoms. The predicted octanol–water partition coefficient (Wildman–Crippen LogP) is 4.28. The summed E-state index contributed by atoms with van der Waals surface area (Å²) in [5, 5.41) is 14.4. The van der Waals surface area contributed by atoms with Crippen molar-refractivity contribution < 1.29 is 14.6 Å². The highest BCUT2D eigenvalue weighted by Crippen LogP contribution is 2.23. The highest BCUT2D eigenvalue weighted by atomic mass is 16.5. The molecular weight excluding hydrogens is 364 g/mol. The van der Waals surface area contributed by atoms with Gasteiger partial charge in [0.15, 0.2) is 0 Å². The fourth-order valence-electron chi connectivity index (χ4n) is 2.70. The molecule has 0 spiro atoms. The first-order valence-corrected chi connectivity index (χ1v) is 9.21. The van der Waals surface area contributed by atoms with Gasteiger partial charge in [0.05, 0.1) is 18.5 Å². The Balaban J connectivity index is 1.78. The lowest BCUT2D eigenvalue weighted by Crippen LogP contribution is -2.23. The highest BCUT2D eigenvalue weighted by molar-refractivity contribution is 6.02. The second-order valence-electron chi connectivity index (χ2n) is 6.15. The van der Waals surface area contributed by atoms with Gasteiger partial charge in [-0.05, 0) is 59.2 Å². The summed E-state index contributed by atoms with van der Waals surface area (Å²) in [7, 11) is 0. The van der Waals surface area contributed by atoms with Crippen LogP contribution < -0.4 is 9.75 Å². The number of hydrogen-bond acceptors (Lipinski definition) is 4. The third kappa shape index (κ3) is 5.40. The number of ether oxygens (including phenoxy) is 1. The lowest BCUT2D eigenvalue weighted by molar-refractivity contribution is -0.114. The van der Waals surface area contributed by atoms with Crippen LogP contribution in [0.1, 0.15) is 5.56 Å². The average molecular weight is 386 g/mol. The largest absolute Gasteiger partial charge is 0.491 e. The van der Waals surface area contributed by atoms with Crippen molar-refractivity contribution in [3.8, 4) is 16.9 Å². The van der Waals surface area contributed by atoms with Crippen LogP contribution >= 0.6 is 0 Å².